The highest BCUT2D eigenvalue weighted by atomic mass is 35.5. The molecule has 0 saturated heterocycles. The average Bonchev–Trinajstić information content (AvgIpc) is 3.15. The van der Waals surface area contributed by atoms with Gasteiger partial charge in [0, 0.05) is 11.1 Å². The minimum atomic E-state index is -0.518. The monoisotopic (exact) mass is 446 g/mol. The number of halogens is 2. The third-order valence-electron chi connectivity index (χ3n) is 4.26. The Kier molecular flexibility index (Phi) is 6.38. The number of nitrogens with one attached hydrogen (secondary N) is 2. The van der Waals surface area contributed by atoms with E-state index in [0.717, 1.165) is 10.4 Å². The fourth-order valence-electron chi connectivity index (χ4n) is 2.58. The van der Waals surface area contributed by atoms with Crippen LogP contribution in [0.1, 0.15) is 36.7 Å². The number of hydrogen-bond acceptors (Lipinski definition) is 5. The maximum absolute atomic E-state index is 12.2. The lowest BCUT2D eigenvalue weighted by Gasteiger charge is -2.19. The van der Waals surface area contributed by atoms with Gasteiger partial charge < -0.3 is 0 Å². The number of hydrogen-bond donors (Lipinski definition) is 2. The maximum Gasteiger partial charge on any atom is 0.269 e. The summed E-state index contributed by atoms with van der Waals surface area (Å²) in [5, 5.41) is 12.5. The predicted octanol–water partition coefficient (Wildman–Crippen LogP) is 3.41. The maximum atomic E-state index is 12.2. The second kappa shape index (κ2) is 8.81. The third-order valence-corrected chi connectivity index (χ3v) is 5.08. The summed E-state index contributed by atoms with van der Waals surface area (Å²) in [6, 6.07) is 12.2. The van der Waals surface area contributed by atoms with E-state index in [0.29, 0.717) is 21.2 Å². The Morgan fingerprint density at radius 2 is 1.73 bits per heavy atom. The van der Waals surface area contributed by atoms with E-state index < -0.39 is 11.8 Å². The van der Waals surface area contributed by atoms with E-state index in [9.17, 15) is 9.59 Å². The molecule has 0 fully saturated rings. The topological polar surface area (TPSA) is 102 Å². The van der Waals surface area contributed by atoms with Gasteiger partial charge in [-0.2, -0.15) is 4.80 Å². The van der Waals surface area contributed by atoms with Gasteiger partial charge in [0.15, 0.2) is 0 Å². The standard InChI is InChI=1S/C20H20Cl2N6O2/c1-20(2,3)13-9-7-12(8-10-13)19(30)25-23-16(29)11-28-26-18(24-27-28)14-5-4-6-15(21)17(14)22/h4-10H,11H2,1-3H3,(H,23,29)(H,25,30). The average molecular weight is 447 g/mol. The minimum Gasteiger partial charge on any atom is -0.271 e. The number of aromatic nitrogens is 4. The van der Waals surface area contributed by atoms with Gasteiger partial charge in [0.05, 0.1) is 10.0 Å². The molecule has 0 bridgehead atoms. The first-order valence-electron chi connectivity index (χ1n) is 9.07. The molecule has 1 aromatic heterocycles. The molecule has 156 valence electrons. The van der Waals surface area contributed by atoms with Crippen molar-refractivity contribution >= 4 is 35.0 Å². The molecule has 2 aromatic carbocycles. The molecule has 0 spiro atoms. The molecule has 2 amide bonds. The molecular formula is C20H20Cl2N6O2. The van der Waals surface area contributed by atoms with Crippen LogP contribution < -0.4 is 10.9 Å². The van der Waals surface area contributed by atoms with E-state index >= 15 is 0 Å². The van der Waals surface area contributed by atoms with Crippen LogP contribution in [0, 0.1) is 0 Å². The van der Waals surface area contributed by atoms with Crippen LogP contribution in [0.2, 0.25) is 10.0 Å². The zero-order valence-electron chi connectivity index (χ0n) is 16.6. The molecule has 0 atom stereocenters. The number of tetrazole rings is 1. The van der Waals surface area contributed by atoms with E-state index in [2.05, 4.69) is 47.0 Å². The van der Waals surface area contributed by atoms with Crippen LogP contribution in [0.3, 0.4) is 0 Å². The van der Waals surface area contributed by atoms with Crippen molar-refractivity contribution in [2.45, 2.75) is 32.7 Å². The van der Waals surface area contributed by atoms with Crippen molar-refractivity contribution in [3.8, 4) is 11.4 Å². The summed E-state index contributed by atoms with van der Waals surface area (Å²) in [5.41, 5.74) is 6.72. The molecule has 0 unspecified atom stereocenters. The second-order valence-electron chi connectivity index (χ2n) is 7.57. The zero-order chi connectivity index (χ0) is 21.9. The van der Waals surface area contributed by atoms with Gasteiger partial charge in [0.2, 0.25) is 5.82 Å². The Balaban J connectivity index is 1.57. The summed E-state index contributed by atoms with van der Waals surface area (Å²) in [5.74, 6) is -0.712. The van der Waals surface area contributed by atoms with E-state index in [-0.39, 0.29) is 17.8 Å². The fourth-order valence-corrected chi connectivity index (χ4v) is 2.97. The number of nitrogens with zero attached hydrogens (tertiary/aromatic N) is 4. The van der Waals surface area contributed by atoms with E-state index in [1.807, 2.05) is 12.1 Å². The molecular weight excluding hydrogens is 427 g/mol. The first-order valence-corrected chi connectivity index (χ1v) is 9.82. The van der Waals surface area contributed by atoms with Gasteiger partial charge in [-0.25, -0.2) is 0 Å². The Morgan fingerprint density at radius 1 is 1.03 bits per heavy atom. The van der Waals surface area contributed by atoms with Crippen LogP contribution in [0.15, 0.2) is 42.5 Å². The molecule has 30 heavy (non-hydrogen) atoms. The summed E-state index contributed by atoms with van der Waals surface area (Å²) in [6.07, 6.45) is 0. The van der Waals surface area contributed by atoms with Crippen molar-refractivity contribution in [2.75, 3.05) is 0 Å². The molecule has 0 aliphatic heterocycles. The van der Waals surface area contributed by atoms with Crippen LogP contribution in [-0.2, 0) is 16.8 Å². The quantitative estimate of drug-likeness (QED) is 0.597. The first-order chi connectivity index (χ1) is 14.1. The molecule has 8 nitrogen and oxygen atoms in total. The summed E-state index contributed by atoms with van der Waals surface area (Å²) in [4.78, 5) is 25.4. The lowest BCUT2D eigenvalue weighted by Crippen LogP contribution is -2.43. The highest BCUT2D eigenvalue weighted by Crippen LogP contribution is 2.31. The normalized spacial score (nSPS) is 11.2. The van der Waals surface area contributed by atoms with Crippen molar-refractivity contribution < 1.29 is 9.59 Å². The molecule has 2 N–H and O–H groups in total. The van der Waals surface area contributed by atoms with Crippen LogP contribution >= 0.6 is 23.2 Å². The van der Waals surface area contributed by atoms with Crippen molar-refractivity contribution in [3.05, 3.63) is 63.6 Å². The summed E-state index contributed by atoms with van der Waals surface area (Å²) < 4.78 is 0. The van der Waals surface area contributed by atoms with Gasteiger partial charge in [-0.1, -0.05) is 62.2 Å². The molecule has 10 heteroatoms. The van der Waals surface area contributed by atoms with Crippen molar-refractivity contribution in [1.82, 2.24) is 31.1 Å². The van der Waals surface area contributed by atoms with Crippen molar-refractivity contribution in [1.29, 1.82) is 0 Å². The van der Waals surface area contributed by atoms with Crippen LogP contribution in [0.5, 0.6) is 0 Å². The number of amides is 2. The van der Waals surface area contributed by atoms with E-state index in [4.69, 9.17) is 23.2 Å². The number of benzene rings is 2. The summed E-state index contributed by atoms with van der Waals surface area (Å²) in [6.45, 7) is 6.03. The Labute approximate surface area is 183 Å². The Morgan fingerprint density at radius 3 is 2.40 bits per heavy atom. The second-order valence-corrected chi connectivity index (χ2v) is 8.36. The van der Waals surface area contributed by atoms with Crippen molar-refractivity contribution in [3.63, 3.8) is 0 Å². The van der Waals surface area contributed by atoms with Crippen LogP contribution in [0.4, 0.5) is 0 Å². The zero-order valence-corrected chi connectivity index (χ0v) is 18.1. The van der Waals surface area contributed by atoms with Gasteiger partial charge in [-0.3, -0.25) is 20.4 Å². The molecule has 0 radical (unpaired) electrons. The lowest BCUT2D eigenvalue weighted by molar-refractivity contribution is -0.122. The van der Waals surface area contributed by atoms with Gasteiger partial charge in [0.25, 0.3) is 11.8 Å². The summed E-state index contributed by atoms with van der Waals surface area (Å²) in [7, 11) is 0. The smallest absolute Gasteiger partial charge is 0.269 e. The molecule has 3 rings (SSSR count). The van der Waals surface area contributed by atoms with Gasteiger partial charge in [-0.15, -0.1) is 10.2 Å². The minimum absolute atomic E-state index is 0.0117. The first kappa shape index (κ1) is 21.7. The van der Waals surface area contributed by atoms with E-state index in [1.165, 1.54) is 0 Å². The number of rotatable bonds is 4. The lowest BCUT2D eigenvalue weighted by atomic mass is 9.87. The Hall–Kier alpha value is -2.97. The number of hydrazine groups is 1. The SMILES string of the molecule is CC(C)(C)c1ccc(C(=O)NNC(=O)Cn2nnc(-c3cccc(Cl)c3Cl)n2)cc1. The molecule has 0 aliphatic rings. The highest BCUT2D eigenvalue weighted by Gasteiger charge is 2.16. The molecule has 0 saturated carbocycles. The van der Waals surface area contributed by atoms with Gasteiger partial charge in [-0.05, 0) is 40.5 Å². The van der Waals surface area contributed by atoms with Crippen molar-refractivity contribution in [2.24, 2.45) is 0 Å². The molecule has 1 heterocycles. The number of carbonyl (C=O) groups is 2. The third kappa shape index (κ3) is 5.14. The summed E-state index contributed by atoms with van der Waals surface area (Å²) >= 11 is 12.1. The number of carbonyl (C=O) groups excluding carboxylic acids is 2. The van der Waals surface area contributed by atoms with Gasteiger partial charge in [0.1, 0.15) is 6.54 Å². The molecule has 0 aliphatic carbocycles. The highest BCUT2D eigenvalue weighted by molar-refractivity contribution is 6.43. The Bertz CT molecular complexity index is 1070. The fraction of sp³-hybridized carbons (Fsp3) is 0.250. The van der Waals surface area contributed by atoms with Crippen LogP contribution in [0.25, 0.3) is 11.4 Å². The molecule has 3 aromatic rings. The van der Waals surface area contributed by atoms with Crippen LogP contribution in [-0.4, -0.2) is 32.0 Å². The largest absolute Gasteiger partial charge is 0.271 e. The van der Waals surface area contributed by atoms with E-state index in [1.54, 1.807) is 30.3 Å². The van der Waals surface area contributed by atoms with Gasteiger partial charge >= 0.3 is 0 Å². The predicted molar refractivity (Wildman–Crippen MR) is 114 cm³/mol.